The summed E-state index contributed by atoms with van der Waals surface area (Å²) in [7, 11) is 0. The van der Waals surface area contributed by atoms with Crippen molar-refractivity contribution in [1.82, 2.24) is 4.98 Å². The third-order valence-electron chi connectivity index (χ3n) is 3.63. The molecule has 7 heteroatoms. The Balaban J connectivity index is 1.77. The van der Waals surface area contributed by atoms with Gasteiger partial charge in [-0.3, -0.25) is 14.6 Å². The number of nitriles is 1. The zero-order valence-electron chi connectivity index (χ0n) is 13.9. The number of hydrogen-bond donors (Lipinski definition) is 2. The second-order valence-electron chi connectivity index (χ2n) is 5.51. The number of carbonyl (C=O) groups is 2. The Kier molecular flexibility index (Phi) is 5.19. The van der Waals surface area contributed by atoms with E-state index in [-0.39, 0.29) is 16.9 Å². The van der Waals surface area contributed by atoms with Crippen molar-refractivity contribution in [2.75, 3.05) is 10.6 Å². The minimum absolute atomic E-state index is 0.000444. The van der Waals surface area contributed by atoms with Crippen molar-refractivity contribution in [2.45, 2.75) is 0 Å². The number of nitrogens with zero attached hydrogens (tertiary/aromatic N) is 2. The second-order valence-corrected chi connectivity index (χ2v) is 5.51. The smallest absolute Gasteiger partial charge is 0.274 e. The zero-order chi connectivity index (χ0) is 19.2. The lowest BCUT2D eigenvalue weighted by molar-refractivity contribution is 0.102. The van der Waals surface area contributed by atoms with Crippen molar-refractivity contribution in [3.05, 3.63) is 89.5 Å². The first kappa shape index (κ1) is 17.8. The molecule has 2 amide bonds. The molecule has 2 aromatic carbocycles. The van der Waals surface area contributed by atoms with Gasteiger partial charge in [-0.15, -0.1) is 0 Å². The predicted octanol–water partition coefficient (Wildman–Crippen LogP) is 3.60. The first-order chi connectivity index (χ1) is 13.1. The highest BCUT2D eigenvalue weighted by atomic mass is 19.1. The summed E-state index contributed by atoms with van der Waals surface area (Å²) >= 11 is 0. The van der Waals surface area contributed by atoms with E-state index < -0.39 is 17.6 Å². The molecule has 0 aliphatic rings. The number of carbonyl (C=O) groups excluding carboxylic acids is 2. The fourth-order valence-electron chi connectivity index (χ4n) is 2.34. The summed E-state index contributed by atoms with van der Waals surface area (Å²) in [5.74, 6) is -1.54. The summed E-state index contributed by atoms with van der Waals surface area (Å²) in [6.45, 7) is 0. The van der Waals surface area contributed by atoms with Crippen LogP contribution >= 0.6 is 0 Å². The number of halogens is 1. The molecule has 132 valence electrons. The molecule has 1 heterocycles. The maximum atomic E-state index is 13.2. The van der Waals surface area contributed by atoms with E-state index in [1.807, 2.05) is 6.07 Å². The number of anilines is 2. The fraction of sp³-hybridized carbons (Fsp3) is 0. The van der Waals surface area contributed by atoms with Gasteiger partial charge in [-0.05, 0) is 42.5 Å². The van der Waals surface area contributed by atoms with E-state index in [2.05, 4.69) is 15.6 Å². The molecule has 0 radical (unpaired) electrons. The van der Waals surface area contributed by atoms with Gasteiger partial charge < -0.3 is 10.6 Å². The SMILES string of the molecule is N#Cc1ccccc1NC(=O)c1ccnc(C(=O)Nc2cccc(F)c2)c1. The minimum Gasteiger partial charge on any atom is -0.321 e. The predicted molar refractivity (Wildman–Crippen MR) is 97.7 cm³/mol. The topological polar surface area (TPSA) is 94.9 Å². The monoisotopic (exact) mass is 360 g/mol. The molecule has 0 atom stereocenters. The molecule has 0 saturated carbocycles. The molecule has 3 rings (SSSR count). The van der Waals surface area contributed by atoms with Crippen LogP contribution < -0.4 is 10.6 Å². The molecule has 27 heavy (non-hydrogen) atoms. The maximum Gasteiger partial charge on any atom is 0.274 e. The largest absolute Gasteiger partial charge is 0.321 e. The standard InChI is InChI=1S/C20H13FN4O2/c21-15-5-3-6-16(11-15)24-20(27)18-10-13(8-9-23-18)19(26)25-17-7-2-1-4-14(17)12-22/h1-11H,(H,24,27)(H,25,26). The summed E-state index contributed by atoms with van der Waals surface area (Å²) in [5.41, 5.74) is 1.17. The number of aromatic nitrogens is 1. The number of benzene rings is 2. The van der Waals surface area contributed by atoms with E-state index in [0.717, 1.165) is 0 Å². The summed E-state index contributed by atoms with van der Waals surface area (Å²) in [6, 6.07) is 16.8. The normalized spacial score (nSPS) is 9.93. The minimum atomic E-state index is -0.576. The van der Waals surface area contributed by atoms with Crippen LogP contribution in [0, 0.1) is 17.1 Å². The molecule has 2 N–H and O–H groups in total. The van der Waals surface area contributed by atoms with Crippen molar-refractivity contribution in [2.24, 2.45) is 0 Å². The molecular weight excluding hydrogens is 347 g/mol. The number of hydrogen-bond acceptors (Lipinski definition) is 4. The van der Waals surface area contributed by atoms with E-state index >= 15 is 0 Å². The van der Waals surface area contributed by atoms with Crippen molar-refractivity contribution in [1.29, 1.82) is 5.26 Å². The average molecular weight is 360 g/mol. The Hall–Kier alpha value is -4.05. The van der Waals surface area contributed by atoms with Gasteiger partial charge in [0.05, 0.1) is 11.3 Å². The number of pyridine rings is 1. The van der Waals surface area contributed by atoms with Crippen LogP contribution in [-0.2, 0) is 0 Å². The highest BCUT2D eigenvalue weighted by Gasteiger charge is 2.13. The van der Waals surface area contributed by atoms with Crippen LogP contribution in [0.5, 0.6) is 0 Å². The Bertz CT molecular complexity index is 1060. The summed E-state index contributed by atoms with van der Waals surface area (Å²) < 4.78 is 13.2. The average Bonchev–Trinajstić information content (AvgIpc) is 2.68. The molecular formula is C20H13FN4O2. The van der Waals surface area contributed by atoms with Crippen LogP contribution in [0.3, 0.4) is 0 Å². The third kappa shape index (κ3) is 4.32. The lowest BCUT2D eigenvalue weighted by Gasteiger charge is -2.08. The molecule has 0 aliphatic carbocycles. The third-order valence-corrected chi connectivity index (χ3v) is 3.63. The number of para-hydroxylation sites is 1. The highest BCUT2D eigenvalue weighted by Crippen LogP contribution is 2.16. The van der Waals surface area contributed by atoms with E-state index in [1.165, 1.54) is 42.6 Å². The Morgan fingerprint density at radius 2 is 1.78 bits per heavy atom. The molecule has 0 spiro atoms. The molecule has 0 fully saturated rings. The van der Waals surface area contributed by atoms with Crippen molar-refractivity contribution in [3.63, 3.8) is 0 Å². The van der Waals surface area contributed by atoms with Crippen molar-refractivity contribution < 1.29 is 14.0 Å². The lowest BCUT2D eigenvalue weighted by atomic mass is 10.1. The van der Waals surface area contributed by atoms with Gasteiger partial charge in [-0.25, -0.2) is 4.39 Å². The molecule has 0 aliphatic heterocycles. The molecule has 6 nitrogen and oxygen atoms in total. The Morgan fingerprint density at radius 1 is 0.963 bits per heavy atom. The van der Waals surface area contributed by atoms with Crippen LogP contribution in [0.2, 0.25) is 0 Å². The Labute approximate surface area is 154 Å². The van der Waals surface area contributed by atoms with Crippen LogP contribution in [0.25, 0.3) is 0 Å². The maximum absolute atomic E-state index is 13.2. The molecule has 1 aromatic heterocycles. The number of amides is 2. The van der Waals surface area contributed by atoms with Crippen LogP contribution in [-0.4, -0.2) is 16.8 Å². The molecule has 0 unspecified atom stereocenters. The second kappa shape index (κ2) is 7.89. The van der Waals surface area contributed by atoms with Crippen molar-refractivity contribution >= 4 is 23.2 Å². The fourth-order valence-corrected chi connectivity index (χ4v) is 2.34. The Morgan fingerprint density at radius 3 is 2.56 bits per heavy atom. The molecule has 0 bridgehead atoms. The van der Waals surface area contributed by atoms with Gasteiger partial charge in [0.25, 0.3) is 11.8 Å². The quantitative estimate of drug-likeness (QED) is 0.743. The van der Waals surface area contributed by atoms with E-state index in [1.54, 1.807) is 24.3 Å². The van der Waals surface area contributed by atoms with E-state index in [4.69, 9.17) is 5.26 Å². The van der Waals surface area contributed by atoms with Gasteiger partial charge in [-0.1, -0.05) is 18.2 Å². The molecule has 3 aromatic rings. The summed E-state index contributed by atoms with van der Waals surface area (Å²) in [5, 5.41) is 14.2. The van der Waals surface area contributed by atoms with Gasteiger partial charge in [0.1, 0.15) is 17.6 Å². The summed E-state index contributed by atoms with van der Waals surface area (Å²) in [4.78, 5) is 28.7. The van der Waals surface area contributed by atoms with Crippen LogP contribution in [0.1, 0.15) is 26.4 Å². The van der Waals surface area contributed by atoms with Gasteiger partial charge in [-0.2, -0.15) is 5.26 Å². The van der Waals surface area contributed by atoms with Gasteiger partial charge in [0, 0.05) is 17.4 Å². The first-order valence-corrected chi connectivity index (χ1v) is 7.90. The van der Waals surface area contributed by atoms with Gasteiger partial charge in [0.2, 0.25) is 0 Å². The van der Waals surface area contributed by atoms with Crippen LogP contribution in [0.15, 0.2) is 66.9 Å². The van der Waals surface area contributed by atoms with Crippen LogP contribution in [0.4, 0.5) is 15.8 Å². The first-order valence-electron chi connectivity index (χ1n) is 7.90. The number of nitrogens with one attached hydrogen (secondary N) is 2. The van der Waals surface area contributed by atoms with E-state index in [9.17, 15) is 14.0 Å². The zero-order valence-corrected chi connectivity index (χ0v) is 13.9. The van der Waals surface area contributed by atoms with Crippen molar-refractivity contribution in [3.8, 4) is 6.07 Å². The van der Waals surface area contributed by atoms with Gasteiger partial charge >= 0.3 is 0 Å². The highest BCUT2D eigenvalue weighted by molar-refractivity contribution is 6.08. The van der Waals surface area contributed by atoms with Gasteiger partial charge in [0.15, 0.2) is 0 Å². The number of rotatable bonds is 4. The molecule has 0 saturated heterocycles. The van der Waals surface area contributed by atoms with E-state index in [0.29, 0.717) is 11.3 Å². The lowest BCUT2D eigenvalue weighted by Crippen LogP contribution is -2.17. The summed E-state index contributed by atoms with van der Waals surface area (Å²) in [6.07, 6.45) is 1.33.